The summed E-state index contributed by atoms with van der Waals surface area (Å²) < 4.78 is 25.4. The Balaban J connectivity index is 3.12. The standard InChI is InChI=1S/C15H22N2O5S2/c1-10-5-6-11(24(21,22)17(2)3)9-12(10)14(18)16-13(15(19)20)7-8-23-4/h5-6,9,13H,7-8H2,1-4H3,(H,16,18)(H,19,20). The third-order valence-electron chi connectivity index (χ3n) is 3.45. The lowest BCUT2D eigenvalue weighted by atomic mass is 10.1. The van der Waals surface area contributed by atoms with Crippen molar-refractivity contribution in [3.05, 3.63) is 29.3 Å². The minimum Gasteiger partial charge on any atom is -0.480 e. The molecule has 1 atom stereocenters. The number of aryl methyl sites for hydroxylation is 1. The molecule has 2 N–H and O–H groups in total. The third-order valence-corrected chi connectivity index (χ3v) is 5.90. The zero-order chi connectivity index (χ0) is 18.5. The SMILES string of the molecule is CSCCC(NC(=O)c1cc(S(=O)(=O)N(C)C)ccc1C)C(=O)O. The average molecular weight is 374 g/mol. The number of thioether (sulfide) groups is 1. The molecule has 0 saturated heterocycles. The molecule has 0 aliphatic heterocycles. The molecular formula is C15H22N2O5S2. The smallest absolute Gasteiger partial charge is 0.326 e. The van der Waals surface area contributed by atoms with E-state index in [1.54, 1.807) is 6.92 Å². The van der Waals surface area contributed by atoms with Gasteiger partial charge in [-0.2, -0.15) is 11.8 Å². The molecular weight excluding hydrogens is 352 g/mol. The van der Waals surface area contributed by atoms with E-state index in [0.29, 0.717) is 11.3 Å². The number of carbonyl (C=O) groups is 2. The minimum absolute atomic E-state index is 0.0146. The number of nitrogens with zero attached hydrogens (tertiary/aromatic N) is 1. The number of aliphatic carboxylic acids is 1. The summed E-state index contributed by atoms with van der Waals surface area (Å²) in [5, 5.41) is 11.7. The molecule has 0 bridgehead atoms. The van der Waals surface area contributed by atoms with Gasteiger partial charge in [0.15, 0.2) is 0 Å². The summed E-state index contributed by atoms with van der Waals surface area (Å²) in [5.41, 5.74) is 0.715. The first-order chi connectivity index (χ1) is 11.1. The molecule has 0 saturated carbocycles. The number of carboxylic acids is 1. The van der Waals surface area contributed by atoms with Crippen LogP contribution in [0.25, 0.3) is 0 Å². The van der Waals surface area contributed by atoms with Gasteiger partial charge in [-0.25, -0.2) is 17.5 Å². The molecule has 1 aromatic carbocycles. The van der Waals surface area contributed by atoms with Gasteiger partial charge in [0, 0.05) is 19.7 Å². The van der Waals surface area contributed by atoms with Crippen LogP contribution in [0.3, 0.4) is 0 Å². The Kier molecular flexibility index (Phi) is 7.25. The minimum atomic E-state index is -3.67. The Bertz CT molecular complexity index is 717. The van der Waals surface area contributed by atoms with Crippen LogP contribution in [0.15, 0.2) is 23.1 Å². The Morgan fingerprint density at radius 3 is 2.46 bits per heavy atom. The van der Waals surface area contributed by atoms with Crippen molar-refractivity contribution < 1.29 is 23.1 Å². The Morgan fingerprint density at radius 2 is 1.96 bits per heavy atom. The van der Waals surface area contributed by atoms with Crippen LogP contribution in [-0.4, -0.2) is 61.9 Å². The number of benzene rings is 1. The predicted octanol–water partition coefficient (Wildman–Crippen LogP) is 1.18. The Hall–Kier alpha value is -1.58. The molecule has 134 valence electrons. The van der Waals surface area contributed by atoms with E-state index in [1.165, 1.54) is 44.1 Å². The van der Waals surface area contributed by atoms with Gasteiger partial charge in [0.1, 0.15) is 6.04 Å². The number of sulfonamides is 1. The van der Waals surface area contributed by atoms with Crippen LogP contribution in [0.1, 0.15) is 22.3 Å². The predicted molar refractivity (Wildman–Crippen MR) is 93.9 cm³/mol. The van der Waals surface area contributed by atoms with Crippen molar-refractivity contribution in [2.75, 3.05) is 26.1 Å². The van der Waals surface area contributed by atoms with Gasteiger partial charge in [0.25, 0.3) is 5.91 Å². The van der Waals surface area contributed by atoms with Gasteiger partial charge < -0.3 is 10.4 Å². The molecule has 1 rings (SSSR count). The largest absolute Gasteiger partial charge is 0.480 e. The number of nitrogens with one attached hydrogen (secondary N) is 1. The Labute approximate surface area is 146 Å². The summed E-state index contributed by atoms with van der Waals surface area (Å²) in [6.45, 7) is 1.67. The molecule has 1 amide bonds. The number of carbonyl (C=O) groups excluding carboxylic acids is 1. The first-order valence-electron chi connectivity index (χ1n) is 7.17. The van der Waals surface area contributed by atoms with E-state index in [1.807, 2.05) is 6.26 Å². The summed E-state index contributed by atoms with van der Waals surface area (Å²) in [5.74, 6) is -1.13. The van der Waals surface area contributed by atoms with E-state index in [-0.39, 0.29) is 16.9 Å². The topological polar surface area (TPSA) is 104 Å². The van der Waals surface area contributed by atoms with Crippen LogP contribution < -0.4 is 5.32 Å². The highest BCUT2D eigenvalue weighted by molar-refractivity contribution is 7.98. The van der Waals surface area contributed by atoms with Gasteiger partial charge in [-0.05, 0) is 43.0 Å². The van der Waals surface area contributed by atoms with E-state index < -0.39 is 27.9 Å². The first-order valence-corrected chi connectivity index (χ1v) is 10.0. The molecule has 0 radical (unpaired) electrons. The number of carboxylic acid groups (broad SMARTS) is 1. The lowest BCUT2D eigenvalue weighted by Crippen LogP contribution is -2.41. The van der Waals surface area contributed by atoms with Crippen molar-refractivity contribution in [2.45, 2.75) is 24.3 Å². The molecule has 1 aromatic rings. The molecule has 7 nitrogen and oxygen atoms in total. The van der Waals surface area contributed by atoms with Crippen molar-refractivity contribution in [3.63, 3.8) is 0 Å². The maximum absolute atomic E-state index is 12.4. The summed E-state index contributed by atoms with van der Waals surface area (Å²) in [6.07, 6.45) is 2.14. The van der Waals surface area contributed by atoms with Crippen molar-refractivity contribution in [1.29, 1.82) is 0 Å². The molecule has 0 aliphatic rings. The second-order valence-corrected chi connectivity index (χ2v) is 8.55. The summed E-state index contributed by atoms with van der Waals surface area (Å²) in [4.78, 5) is 23.6. The van der Waals surface area contributed by atoms with E-state index in [9.17, 15) is 23.1 Å². The van der Waals surface area contributed by atoms with Crippen LogP contribution in [0.4, 0.5) is 0 Å². The highest BCUT2D eigenvalue weighted by Crippen LogP contribution is 2.18. The number of hydrogen-bond donors (Lipinski definition) is 2. The van der Waals surface area contributed by atoms with Gasteiger partial charge in [-0.3, -0.25) is 4.79 Å². The molecule has 0 heterocycles. The lowest BCUT2D eigenvalue weighted by Gasteiger charge is -2.16. The van der Waals surface area contributed by atoms with E-state index in [4.69, 9.17) is 0 Å². The molecule has 1 unspecified atom stereocenters. The number of rotatable bonds is 8. The van der Waals surface area contributed by atoms with Crippen LogP contribution >= 0.6 is 11.8 Å². The van der Waals surface area contributed by atoms with Crippen molar-refractivity contribution >= 4 is 33.7 Å². The van der Waals surface area contributed by atoms with Gasteiger partial charge in [-0.1, -0.05) is 6.07 Å². The Morgan fingerprint density at radius 1 is 1.33 bits per heavy atom. The highest BCUT2D eigenvalue weighted by Gasteiger charge is 2.23. The normalized spacial score (nSPS) is 12.9. The maximum atomic E-state index is 12.4. The van der Waals surface area contributed by atoms with Gasteiger partial charge in [0.05, 0.1) is 4.90 Å². The fourth-order valence-corrected chi connectivity index (χ4v) is 3.35. The van der Waals surface area contributed by atoms with E-state index >= 15 is 0 Å². The maximum Gasteiger partial charge on any atom is 0.326 e. The van der Waals surface area contributed by atoms with Crippen LogP contribution in [0, 0.1) is 6.92 Å². The zero-order valence-corrected chi connectivity index (χ0v) is 15.7. The number of amides is 1. The molecule has 24 heavy (non-hydrogen) atoms. The fourth-order valence-electron chi connectivity index (χ4n) is 1.95. The van der Waals surface area contributed by atoms with E-state index in [0.717, 1.165) is 4.31 Å². The van der Waals surface area contributed by atoms with E-state index in [2.05, 4.69) is 5.32 Å². The quantitative estimate of drug-likeness (QED) is 0.708. The number of hydrogen-bond acceptors (Lipinski definition) is 5. The van der Waals surface area contributed by atoms with Gasteiger partial charge in [-0.15, -0.1) is 0 Å². The molecule has 0 aromatic heterocycles. The van der Waals surface area contributed by atoms with Gasteiger partial charge in [0.2, 0.25) is 10.0 Å². The van der Waals surface area contributed by atoms with Crippen molar-refractivity contribution in [2.24, 2.45) is 0 Å². The summed E-state index contributed by atoms with van der Waals surface area (Å²) >= 11 is 1.48. The van der Waals surface area contributed by atoms with Crippen LogP contribution in [0.2, 0.25) is 0 Å². The van der Waals surface area contributed by atoms with Crippen molar-refractivity contribution in [1.82, 2.24) is 9.62 Å². The molecule has 9 heteroatoms. The van der Waals surface area contributed by atoms with Gasteiger partial charge >= 0.3 is 5.97 Å². The summed E-state index contributed by atoms with van der Waals surface area (Å²) in [7, 11) is -0.874. The molecule has 0 fully saturated rings. The fraction of sp³-hybridized carbons (Fsp3) is 0.467. The third kappa shape index (κ3) is 4.96. The highest BCUT2D eigenvalue weighted by atomic mass is 32.2. The first kappa shape index (κ1) is 20.5. The zero-order valence-electron chi connectivity index (χ0n) is 14.1. The lowest BCUT2D eigenvalue weighted by molar-refractivity contribution is -0.139. The van der Waals surface area contributed by atoms with Crippen molar-refractivity contribution in [3.8, 4) is 0 Å². The molecule has 0 aliphatic carbocycles. The monoisotopic (exact) mass is 374 g/mol. The molecule has 0 spiro atoms. The second-order valence-electron chi connectivity index (χ2n) is 5.41. The second kappa shape index (κ2) is 8.50. The summed E-state index contributed by atoms with van der Waals surface area (Å²) in [6, 6.07) is 3.21. The van der Waals surface area contributed by atoms with Crippen LogP contribution in [-0.2, 0) is 14.8 Å². The van der Waals surface area contributed by atoms with Crippen LogP contribution in [0.5, 0.6) is 0 Å². The average Bonchev–Trinajstić information content (AvgIpc) is 2.50.